The molecule has 2 aromatic rings. The second-order valence-electron chi connectivity index (χ2n) is 4.61. The van der Waals surface area contributed by atoms with Crippen molar-refractivity contribution in [1.82, 2.24) is 4.90 Å². The van der Waals surface area contributed by atoms with Crippen molar-refractivity contribution in [3.05, 3.63) is 64.1 Å². The molecule has 2 nitrogen and oxygen atoms in total. The van der Waals surface area contributed by atoms with Crippen LogP contribution in [-0.4, -0.2) is 19.1 Å². The minimum atomic E-state index is 0.859. The number of benzene rings is 2. The summed E-state index contributed by atoms with van der Waals surface area (Å²) in [6, 6.07) is 16.6. The summed E-state index contributed by atoms with van der Waals surface area (Å²) in [5, 5.41) is 0. The molecule has 19 heavy (non-hydrogen) atoms. The summed E-state index contributed by atoms with van der Waals surface area (Å²) in [6.07, 6.45) is 0. The van der Waals surface area contributed by atoms with Crippen LogP contribution in [0.1, 0.15) is 11.1 Å². The highest BCUT2D eigenvalue weighted by atomic mass is 79.9. The molecule has 0 atom stereocenters. The van der Waals surface area contributed by atoms with Gasteiger partial charge in [0.2, 0.25) is 0 Å². The first kappa shape index (κ1) is 14.1. The second-order valence-corrected chi connectivity index (χ2v) is 5.53. The Bertz CT molecular complexity index is 528. The fourth-order valence-electron chi connectivity index (χ4n) is 2.11. The fraction of sp³-hybridized carbons (Fsp3) is 0.250. The molecule has 0 amide bonds. The minimum Gasteiger partial charge on any atom is -0.496 e. The maximum Gasteiger partial charge on any atom is 0.123 e. The van der Waals surface area contributed by atoms with Crippen molar-refractivity contribution >= 4 is 15.9 Å². The van der Waals surface area contributed by atoms with Crippen LogP contribution in [0.15, 0.2) is 53.0 Å². The largest absolute Gasteiger partial charge is 0.496 e. The van der Waals surface area contributed by atoms with Gasteiger partial charge in [-0.1, -0.05) is 46.3 Å². The topological polar surface area (TPSA) is 12.5 Å². The van der Waals surface area contributed by atoms with Gasteiger partial charge in [-0.2, -0.15) is 0 Å². The number of methoxy groups -OCH3 is 1. The van der Waals surface area contributed by atoms with Crippen molar-refractivity contribution in [2.75, 3.05) is 14.2 Å². The van der Waals surface area contributed by atoms with E-state index in [0.29, 0.717) is 0 Å². The van der Waals surface area contributed by atoms with Gasteiger partial charge >= 0.3 is 0 Å². The van der Waals surface area contributed by atoms with E-state index in [-0.39, 0.29) is 0 Å². The van der Waals surface area contributed by atoms with E-state index in [2.05, 4.69) is 58.2 Å². The summed E-state index contributed by atoms with van der Waals surface area (Å²) in [6.45, 7) is 1.79. The molecule has 2 aromatic carbocycles. The third-order valence-corrected chi connectivity index (χ3v) is 3.47. The highest BCUT2D eigenvalue weighted by Gasteiger charge is 2.07. The first-order valence-corrected chi connectivity index (χ1v) is 7.03. The molecule has 0 saturated heterocycles. The number of halogens is 1. The van der Waals surface area contributed by atoms with Crippen LogP contribution >= 0.6 is 15.9 Å². The van der Waals surface area contributed by atoms with E-state index in [9.17, 15) is 0 Å². The highest BCUT2D eigenvalue weighted by molar-refractivity contribution is 9.10. The van der Waals surface area contributed by atoms with Gasteiger partial charge in [0.05, 0.1) is 7.11 Å². The SMILES string of the molecule is COc1ccc(Br)cc1CN(C)Cc1ccccc1. The summed E-state index contributed by atoms with van der Waals surface area (Å²) in [7, 11) is 3.83. The van der Waals surface area contributed by atoms with Crippen LogP contribution in [0.5, 0.6) is 5.75 Å². The fourth-order valence-corrected chi connectivity index (χ4v) is 2.52. The molecule has 0 aliphatic carbocycles. The number of ether oxygens (including phenoxy) is 1. The van der Waals surface area contributed by atoms with Gasteiger partial charge in [0, 0.05) is 23.1 Å². The monoisotopic (exact) mass is 319 g/mol. The molecule has 0 aromatic heterocycles. The zero-order valence-electron chi connectivity index (χ0n) is 11.3. The molecule has 0 radical (unpaired) electrons. The average molecular weight is 320 g/mol. The molecule has 0 aliphatic rings. The maximum absolute atomic E-state index is 5.40. The number of rotatable bonds is 5. The highest BCUT2D eigenvalue weighted by Crippen LogP contribution is 2.24. The predicted molar refractivity (Wildman–Crippen MR) is 82.3 cm³/mol. The van der Waals surface area contributed by atoms with E-state index in [1.54, 1.807) is 7.11 Å². The van der Waals surface area contributed by atoms with Crippen molar-refractivity contribution in [2.45, 2.75) is 13.1 Å². The summed E-state index contributed by atoms with van der Waals surface area (Å²) in [5.74, 6) is 0.933. The Morgan fingerprint density at radius 1 is 1.05 bits per heavy atom. The van der Waals surface area contributed by atoms with Crippen LogP contribution in [0, 0.1) is 0 Å². The van der Waals surface area contributed by atoms with Crippen molar-refractivity contribution < 1.29 is 4.74 Å². The van der Waals surface area contributed by atoms with Crippen LogP contribution in [-0.2, 0) is 13.1 Å². The van der Waals surface area contributed by atoms with Gasteiger partial charge < -0.3 is 4.74 Å². The Balaban J connectivity index is 2.06. The molecule has 0 bridgehead atoms. The summed E-state index contributed by atoms with van der Waals surface area (Å²) >= 11 is 3.51. The third kappa shape index (κ3) is 4.08. The van der Waals surface area contributed by atoms with E-state index in [1.165, 1.54) is 11.1 Å². The van der Waals surface area contributed by atoms with Crippen LogP contribution in [0.4, 0.5) is 0 Å². The predicted octanol–water partition coefficient (Wildman–Crippen LogP) is 4.09. The Kier molecular flexibility index (Phi) is 5.00. The zero-order chi connectivity index (χ0) is 13.7. The Labute approximate surface area is 123 Å². The molecule has 0 fully saturated rings. The van der Waals surface area contributed by atoms with Crippen molar-refractivity contribution in [3.8, 4) is 5.75 Å². The summed E-state index contributed by atoms with van der Waals surface area (Å²) in [5.41, 5.74) is 2.51. The number of hydrogen-bond donors (Lipinski definition) is 0. The standard InChI is InChI=1S/C16H18BrNO/c1-18(11-13-6-4-3-5-7-13)12-14-10-15(17)8-9-16(14)19-2/h3-10H,11-12H2,1-2H3. The molecule has 0 spiro atoms. The van der Waals surface area contributed by atoms with Gasteiger partial charge in [-0.3, -0.25) is 4.90 Å². The Morgan fingerprint density at radius 2 is 1.79 bits per heavy atom. The smallest absolute Gasteiger partial charge is 0.123 e. The molecule has 0 saturated carbocycles. The van der Waals surface area contributed by atoms with Crippen LogP contribution in [0.2, 0.25) is 0 Å². The number of hydrogen-bond acceptors (Lipinski definition) is 2. The summed E-state index contributed by atoms with van der Waals surface area (Å²) in [4.78, 5) is 2.28. The van der Waals surface area contributed by atoms with E-state index < -0.39 is 0 Å². The van der Waals surface area contributed by atoms with E-state index in [4.69, 9.17) is 4.74 Å². The van der Waals surface area contributed by atoms with Gasteiger partial charge in [0.15, 0.2) is 0 Å². The Hall–Kier alpha value is -1.32. The number of nitrogens with zero attached hydrogens (tertiary/aromatic N) is 1. The lowest BCUT2D eigenvalue weighted by Gasteiger charge is -2.18. The van der Waals surface area contributed by atoms with Crippen LogP contribution in [0.3, 0.4) is 0 Å². The zero-order valence-corrected chi connectivity index (χ0v) is 12.9. The normalized spacial score (nSPS) is 10.7. The van der Waals surface area contributed by atoms with E-state index in [1.807, 2.05) is 18.2 Å². The van der Waals surface area contributed by atoms with Crippen molar-refractivity contribution in [3.63, 3.8) is 0 Å². The maximum atomic E-state index is 5.40. The Morgan fingerprint density at radius 3 is 2.47 bits per heavy atom. The first-order valence-electron chi connectivity index (χ1n) is 6.24. The second kappa shape index (κ2) is 6.73. The first-order chi connectivity index (χ1) is 9.19. The lowest BCUT2D eigenvalue weighted by molar-refractivity contribution is 0.310. The van der Waals surface area contributed by atoms with Crippen molar-refractivity contribution in [2.24, 2.45) is 0 Å². The van der Waals surface area contributed by atoms with E-state index in [0.717, 1.165) is 23.3 Å². The summed E-state index contributed by atoms with van der Waals surface area (Å²) < 4.78 is 6.48. The lowest BCUT2D eigenvalue weighted by atomic mass is 10.1. The molecular weight excluding hydrogens is 302 g/mol. The molecule has 0 heterocycles. The third-order valence-electron chi connectivity index (χ3n) is 2.98. The molecular formula is C16H18BrNO. The minimum absolute atomic E-state index is 0.859. The van der Waals surface area contributed by atoms with Gasteiger partial charge in [0.25, 0.3) is 0 Å². The van der Waals surface area contributed by atoms with Crippen molar-refractivity contribution in [1.29, 1.82) is 0 Å². The molecule has 100 valence electrons. The van der Waals surface area contributed by atoms with Gasteiger partial charge in [0.1, 0.15) is 5.75 Å². The quantitative estimate of drug-likeness (QED) is 0.823. The molecule has 0 aliphatic heterocycles. The van der Waals surface area contributed by atoms with Gasteiger partial charge in [-0.05, 0) is 30.8 Å². The lowest BCUT2D eigenvalue weighted by Crippen LogP contribution is -2.17. The van der Waals surface area contributed by atoms with Gasteiger partial charge in [-0.15, -0.1) is 0 Å². The molecule has 3 heteroatoms. The molecule has 2 rings (SSSR count). The van der Waals surface area contributed by atoms with Gasteiger partial charge in [-0.25, -0.2) is 0 Å². The van der Waals surface area contributed by atoms with E-state index >= 15 is 0 Å². The van der Waals surface area contributed by atoms with Crippen LogP contribution in [0.25, 0.3) is 0 Å². The average Bonchev–Trinajstić information content (AvgIpc) is 2.40. The molecule has 0 unspecified atom stereocenters. The van der Waals surface area contributed by atoms with Crippen LogP contribution < -0.4 is 4.74 Å². The molecule has 0 N–H and O–H groups in total.